The SMILES string of the molecule is CCCCCCCCCCCCCCCC/C=C/CC/C=C/CCCC(=O)O[C@H](COC(=O)CCCCCCCCCCCCCCCCCC)COP(=O)([O-])OCC[N+](C)(C)C. The van der Waals surface area contributed by atoms with Crippen LogP contribution in [0.15, 0.2) is 24.3 Å². The third kappa shape index (κ3) is 49.8. The first-order valence-electron chi connectivity index (χ1n) is 26.5. The predicted molar refractivity (Wildman–Crippen MR) is 264 cm³/mol. The van der Waals surface area contributed by atoms with Crippen LogP contribution in [-0.2, 0) is 32.7 Å². The summed E-state index contributed by atoms with van der Waals surface area (Å²) in [5, 5.41) is 0. The third-order valence-corrected chi connectivity index (χ3v) is 12.7. The summed E-state index contributed by atoms with van der Waals surface area (Å²) in [5.41, 5.74) is 0. The molecule has 0 bridgehead atoms. The van der Waals surface area contributed by atoms with Crippen LogP contribution in [0.2, 0.25) is 0 Å². The van der Waals surface area contributed by atoms with E-state index < -0.39 is 26.5 Å². The van der Waals surface area contributed by atoms with Crippen molar-refractivity contribution in [1.82, 2.24) is 0 Å². The average molecular weight is 912 g/mol. The van der Waals surface area contributed by atoms with E-state index in [1.165, 1.54) is 173 Å². The summed E-state index contributed by atoms with van der Waals surface area (Å²) in [4.78, 5) is 37.7. The van der Waals surface area contributed by atoms with Crippen LogP contribution in [0, 0.1) is 0 Å². The molecule has 0 aliphatic rings. The molecule has 0 aromatic heterocycles. The van der Waals surface area contributed by atoms with Crippen LogP contribution in [0.1, 0.15) is 251 Å². The molecule has 0 spiro atoms. The van der Waals surface area contributed by atoms with Crippen LogP contribution in [0.5, 0.6) is 0 Å². The fourth-order valence-corrected chi connectivity index (χ4v) is 8.29. The zero-order chi connectivity index (χ0) is 46.4. The van der Waals surface area contributed by atoms with Crippen LogP contribution in [0.25, 0.3) is 0 Å². The van der Waals surface area contributed by atoms with Crippen LogP contribution >= 0.6 is 7.82 Å². The zero-order valence-corrected chi connectivity index (χ0v) is 42.9. The van der Waals surface area contributed by atoms with Gasteiger partial charge in [-0.2, -0.15) is 0 Å². The minimum atomic E-state index is -4.64. The molecule has 0 N–H and O–H groups in total. The monoisotopic (exact) mass is 912 g/mol. The molecule has 0 aliphatic heterocycles. The summed E-state index contributed by atoms with van der Waals surface area (Å²) in [7, 11) is 1.15. The molecule has 0 rings (SSSR count). The molecule has 10 heteroatoms. The fraction of sp³-hybridized carbons (Fsp3) is 0.887. The van der Waals surface area contributed by atoms with Crippen molar-refractivity contribution in [2.75, 3.05) is 47.5 Å². The summed E-state index contributed by atoms with van der Waals surface area (Å²) in [6, 6.07) is 0. The first-order valence-corrected chi connectivity index (χ1v) is 28.0. The maximum atomic E-state index is 12.7. The fourth-order valence-electron chi connectivity index (χ4n) is 7.56. The molecular weight excluding hydrogens is 810 g/mol. The van der Waals surface area contributed by atoms with Crippen molar-refractivity contribution in [2.24, 2.45) is 0 Å². The smallest absolute Gasteiger partial charge is 0.306 e. The van der Waals surface area contributed by atoms with Gasteiger partial charge < -0.3 is 27.9 Å². The van der Waals surface area contributed by atoms with Crippen molar-refractivity contribution < 1.29 is 42.1 Å². The Balaban J connectivity index is 4.25. The van der Waals surface area contributed by atoms with E-state index >= 15 is 0 Å². The van der Waals surface area contributed by atoms with Crippen molar-refractivity contribution in [3.8, 4) is 0 Å². The number of phosphoric acid groups is 1. The Bertz CT molecular complexity index is 1120. The molecule has 1 unspecified atom stereocenters. The first kappa shape index (κ1) is 61.5. The van der Waals surface area contributed by atoms with Gasteiger partial charge >= 0.3 is 11.9 Å². The maximum absolute atomic E-state index is 12.7. The van der Waals surface area contributed by atoms with E-state index in [-0.39, 0.29) is 32.0 Å². The number of carbonyl (C=O) groups is 2. The van der Waals surface area contributed by atoms with Gasteiger partial charge in [0.25, 0.3) is 7.82 Å². The molecule has 0 heterocycles. The highest BCUT2D eigenvalue weighted by Gasteiger charge is 2.21. The van der Waals surface area contributed by atoms with Crippen molar-refractivity contribution in [1.29, 1.82) is 0 Å². The minimum absolute atomic E-state index is 0.0353. The number of nitrogens with zero attached hydrogens (tertiary/aromatic N) is 1. The van der Waals surface area contributed by atoms with E-state index in [1.54, 1.807) is 0 Å². The van der Waals surface area contributed by atoms with Gasteiger partial charge in [0.05, 0.1) is 27.7 Å². The number of quaternary nitrogens is 1. The van der Waals surface area contributed by atoms with Gasteiger partial charge in [-0.3, -0.25) is 14.2 Å². The molecule has 63 heavy (non-hydrogen) atoms. The third-order valence-electron chi connectivity index (χ3n) is 11.7. The van der Waals surface area contributed by atoms with E-state index in [2.05, 4.69) is 38.2 Å². The van der Waals surface area contributed by atoms with Crippen LogP contribution in [-0.4, -0.2) is 70.0 Å². The topological polar surface area (TPSA) is 111 Å². The molecule has 0 aromatic rings. The molecule has 2 atom stereocenters. The van der Waals surface area contributed by atoms with Gasteiger partial charge in [-0.1, -0.05) is 218 Å². The molecule has 0 fully saturated rings. The first-order chi connectivity index (χ1) is 30.5. The Kier molecular flexibility index (Phi) is 44.5. The number of allylic oxidation sites excluding steroid dienone is 4. The Hall–Kier alpha value is -1.51. The largest absolute Gasteiger partial charge is 0.756 e. The van der Waals surface area contributed by atoms with Gasteiger partial charge in [0, 0.05) is 12.8 Å². The lowest BCUT2D eigenvalue weighted by molar-refractivity contribution is -0.870. The molecule has 0 aliphatic carbocycles. The summed E-state index contributed by atoms with van der Waals surface area (Å²) >= 11 is 0. The molecule has 0 amide bonds. The van der Waals surface area contributed by atoms with Gasteiger partial charge in [0.15, 0.2) is 6.10 Å². The van der Waals surface area contributed by atoms with Crippen molar-refractivity contribution in [3.05, 3.63) is 24.3 Å². The Morgan fingerprint density at radius 2 is 0.841 bits per heavy atom. The number of hydrogen-bond acceptors (Lipinski definition) is 8. The molecule has 0 aromatic carbocycles. The summed E-state index contributed by atoms with van der Waals surface area (Å²) < 4.78 is 34.0. The lowest BCUT2D eigenvalue weighted by Gasteiger charge is -2.28. The Morgan fingerprint density at radius 1 is 0.476 bits per heavy atom. The highest BCUT2D eigenvalue weighted by atomic mass is 31.2. The van der Waals surface area contributed by atoms with E-state index in [0.717, 1.165) is 44.9 Å². The highest BCUT2D eigenvalue weighted by molar-refractivity contribution is 7.45. The lowest BCUT2D eigenvalue weighted by Crippen LogP contribution is -2.37. The van der Waals surface area contributed by atoms with Crippen molar-refractivity contribution in [2.45, 2.75) is 258 Å². The minimum Gasteiger partial charge on any atom is -0.756 e. The standard InChI is InChI=1S/C53H102NO8P/c1-6-8-10-12-14-16-18-20-22-24-25-26-27-28-29-30-32-34-36-38-40-42-44-46-53(56)62-51(50-61-63(57,58)60-48-47-54(3,4)5)49-59-52(55)45-43-41-39-37-35-33-31-23-21-19-17-15-13-11-9-7-2/h30,32,38,40,51H,6-29,31,33-37,39,41-50H2,1-5H3/b32-30+,40-38+/t51-/m1/s1. The average Bonchev–Trinajstić information content (AvgIpc) is 3.24. The quantitative estimate of drug-likeness (QED) is 0.0195. The molecule has 9 nitrogen and oxygen atoms in total. The van der Waals surface area contributed by atoms with Gasteiger partial charge in [-0.15, -0.1) is 0 Å². The maximum Gasteiger partial charge on any atom is 0.306 e. The highest BCUT2D eigenvalue weighted by Crippen LogP contribution is 2.38. The summed E-state index contributed by atoms with van der Waals surface area (Å²) in [6.45, 7) is 4.23. The summed E-state index contributed by atoms with van der Waals surface area (Å²) in [5.74, 6) is -0.871. The number of unbranched alkanes of at least 4 members (excludes halogenated alkanes) is 31. The molecule has 0 radical (unpaired) electrons. The number of rotatable bonds is 49. The number of likely N-dealkylation sites (N-methyl/N-ethyl adjacent to an activating group) is 1. The van der Waals surface area contributed by atoms with E-state index in [0.29, 0.717) is 17.4 Å². The predicted octanol–water partition coefficient (Wildman–Crippen LogP) is 15.2. The zero-order valence-electron chi connectivity index (χ0n) is 42.0. The van der Waals surface area contributed by atoms with Crippen molar-refractivity contribution in [3.63, 3.8) is 0 Å². The molecular formula is C53H102NO8P. The number of esters is 2. The number of phosphoric ester groups is 1. The lowest BCUT2D eigenvalue weighted by atomic mass is 10.0. The molecule has 0 saturated carbocycles. The molecule has 0 saturated heterocycles. The van der Waals surface area contributed by atoms with Gasteiger partial charge in [-0.05, 0) is 44.9 Å². The second kappa shape index (κ2) is 45.6. The van der Waals surface area contributed by atoms with Gasteiger partial charge in [0.1, 0.15) is 19.8 Å². The van der Waals surface area contributed by atoms with Crippen molar-refractivity contribution >= 4 is 19.8 Å². The van der Waals surface area contributed by atoms with Crippen LogP contribution < -0.4 is 4.89 Å². The van der Waals surface area contributed by atoms with Crippen LogP contribution in [0.3, 0.4) is 0 Å². The summed E-state index contributed by atoms with van der Waals surface area (Å²) in [6.07, 6.45) is 52.3. The van der Waals surface area contributed by atoms with E-state index in [1.807, 2.05) is 21.1 Å². The molecule has 372 valence electrons. The van der Waals surface area contributed by atoms with E-state index in [9.17, 15) is 19.0 Å². The second-order valence-electron chi connectivity index (χ2n) is 19.2. The normalized spacial score (nSPS) is 13.6. The van der Waals surface area contributed by atoms with Gasteiger partial charge in [-0.25, -0.2) is 0 Å². The van der Waals surface area contributed by atoms with Crippen LogP contribution in [0.4, 0.5) is 0 Å². The number of carbonyl (C=O) groups excluding carboxylic acids is 2. The Morgan fingerprint density at radius 3 is 1.27 bits per heavy atom. The number of ether oxygens (including phenoxy) is 2. The second-order valence-corrected chi connectivity index (χ2v) is 20.6. The van der Waals surface area contributed by atoms with Gasteiger partial charge in [0.2, 0.25) is 0 Å². The number of hydrogen-bond donors (Lipinski definition) is 0. The van der Waals surface area contributed by atoms with E-state index in [4.69, 9.17) is 18.5 Å². The Labute approximate surface area is 389 Å².